The van der Waals surface area contributed by atoms with E-state index < -0.39 is 0 Å². The van der Waals surface area contributed by atoms with E-state index in [1.54, 1.807) is 6.20 Å². The van der Waals surface area contributed by atoms with Crippen molar-refractivity contribution in [3.8, 4) is 0 Å². The van der Waals surface area contributed by atoms with Crippen LogP contribution in [-0.4, -0.2) is 10.1 Å². The zero-order chi connectivity index (χ0) is 15.5. The Kier molecular flexibility index (Phi) is 4.30. The Hall–Kier alpha value is -2.06. The minimum Gasteiger partial charge on any atom is -0.508 e. The number of aryl methyl sites for hydroxylation is 1. The van der Waals surface area contributed by atoms with Crippen LogP contribution in [0, 0.1) is 0 Å². The summed E-state index contributed by atoms with van der Waals surface area (Å²) in [5.41, 5.74) is 5.46. The normalized spacial score (nSPS) is 14.5. The molecule has 0 bridgehead atoms. The van der Waals surface area contributed by atoms with Crippen LogP contribution in [0.15, 0.2) is 48.8 Å². The number of aromatic nitrogens is 1. The molecule has 1 N–H and O–H groups in total. The summed E-state index contributed by atoms with van der Waals surface area (Å²) in [4.78, 5) is 4.19. The van der Waals surface area contributed by atoms with Gasteiger partial charge in [0.25, 0.3) is 0 Å². The zero-order valence-corrected chi connectivity index (χ0v) is 13.3. The minimum absolute atomic E-state index is 0.333. The molecule has 3 heteroatoms. The summed E-state index contributed by atoms with van der Waals surface area (Å²) in [6.45, 7) is 2.01. The maximum Gasteiger partial charge on any atom is 0.118 e. The number of pyridine rings is 1. The van der Waals surface area contributed by atoms with Gasteiger partial charge in [-0.25, -0.2) is 0 Å². The summed E-state index contributed by atoms with van der Waals surface area (Å²) >= 11 is 6.08. The van der Waals surface area contributed by atoms with Gasteiger partial charge in [-0.2, -0.15) is 0 Å². The smallest absolute Gasteiger partial charge is 0.118 e. The van der Waals surface area contributed by atoms with Gasteiger partial charge in [0.2, 0.25) is 0 Å². The molecule has 1 aromatic carbocycles. The number of nitrogens with zero attached hydrogens (tertiary/aromatic N) is 1. The van der Waals surface area contributed by atoms with Crippen LogP contribution in [0.5, 0.6) is 0 Å². The number of aliphatic hydroxyl groups excluding tert-OH is 1. The Labute approximate surface area is 135 Å². The third kappa shape index (κ3) is 2.93. The molecule has 0 unspecified atom stereocenters. The Balaban J connectivity index is 2.09. The number of fused-ring (bicyclic) bond motifs is 1. The van der Waals surface area contributed by atoms with Gasteiger partial charge in [0, 0.05) is 23.5 Å². The van der Waals surface area contributed by atoms with Gasteiger partial charge in [-0.1, -0.05) is 36.7 Å². The van der Waals surface area contributed by atoms with Crippen LogP contribution in [0.4, 0.5) is 0 Å². The Morgan fingerprint density at radius 3 is 2.95 bits per heavy atom. The summed E-state index contributed by atoms with van der Waals surface area (Å²) in [5, 5.41) is 10.8. The first-order chi connectivity index (χ1) is 10.7. The number of benzene rings is 1. The second-order valence-electron chi connectivity index (χ2n) is 5.42. The zero-order valence-electron chi connectivity index (χ0n) is 12.5. The Morgan fingerprint density at radius 2 is 2.18 bits per heavy atom. The van der Waals surface area contributed by atoms with E-state index in [1.807, 2.05) is 31.3 Å². The van der Waals surface area contributed by atoms with E-state index in [2.05, 4.69) is 23.2 Å². The van der Waals surface area contributed by atoms with E-state index in [0.29, 0.717) is 10.8 Å². The predicted molar refractivity (Wildman–Crippen MR) is 92.0 cm³/mol. The average molecular weight is 312 g/mol. The molecule has 2 nitrogen and oxygen atoms in total. The molecule has 0 saturated heterocycles. The van der Waals surface area contributed by atoms with E-state index >= 15 is 0 Å². The average Bonchev–Trinajstić information content (AvgIpc) is 2.54. The summed E-state index contributed by atoms with van der Waals surface area (Å²) in [6.07, 6.45) is 10.4. The SMILES string of the molecule is CC/C=C(/O)c1ccc2c(c1)C(c1cncc(Cl)c1)=CCC2. The molecule has 1 aromatic heterocycles. The van der Waals surface area contributed by atoms with E-state index in [9.17, 15) is 5.11 Å². The third-order valence-electron chi connectivity index (χ3n) is 3.87. The van der Waals surface area contributed by atoms with Crippen LogP contribution in [-0.2, 0) is 6.42 Å². The van der Waals surface area contributed by atoms with Gasteiger partial charge in [-0.3, -0.25) is 4.98 Å². The highest BCUT2D eigenvalue weighted by molar-refractivity contribution is 6.30. The summed E-state index contributed by atoms with van der Waals surface area (Å²) in [7, 11) is 0. The lowest BCUT2D eigenvalue weighted by molar-refractivity contribution is 0.509. The first-order valence-corrected chi connectivity index (χ1v) is 7.90. The van der Waals surface area contributed by atoms with Crippen molar-refractivity contribution in [2.45, 2.75) is 26.2 Å². The molecule has 112 valence electrons. The molecule has 0 radical (unpaired) electrons. The molecule has 2 aromatic rings. The molecule has 0 aliphatic heterocycles. The van der Waals surface area contributed by atoms with E-state index in [1.165, 1.54) is 5.56 Å². The topological polar surface area (TPSA) is 33.1 Å². The van der Waals surface area contributed by atoms with Gasteiger partial charge in [-0.15, -0.1) is 0 Å². The minimum atomic E-state index is 0.333. The largest absolute Gasteiger partial charge is 0.508 e. The standard InChI is InChI=1S/C19H18ClNO/c1-2-4-19(22)14-8-7-13-5-3-6-17(18(13)10-14)15-9-16(20)12-21-11-15/h4,6-12,22H,2-3,5H2,1H3/b19-4+. The van der Waals surface area contributed by atoms with Gasteiger partial charge >= 0.3 is 0 Å². The number of hydrogen-bond acceptors (Lipinski definition) is 2. The molecular weight excluding hydrogens is 294 g/mol. The molecule has 0 amide bonds. The van der Waals surface area contributed by atoms with Crippen molar-refractivity contribution in [1.29, 1.82) is 0 Å². The van der Waals surface area contributed by atoms with Crippen molar-refractivity contribution >= 4 is 22.9 Å². The molecule has 1 aliphatic rings. The van der Waals surface area contributed by atoms with Crippen molar-refractivity contribution in [2.24, 2.45) is 0 Å². The van der Waals surface area contributed by atoms with Crippen molar-refractivity contribution in [2.75, 3.05) is 0 Å². The van der Waals surface area contributed by atoms with Crippen LogP contribution < -0.4 is 0 Å². The van der Waals surface area contributed by atoms with Crippen LogP contribution in [0.25, 0.3) is 11.3 Å². The van der Waals surface area contributed by atoms with Crippen LogP contribution in [0.1, 0.15) is 42.0 Å². The fourth-order valence-corrected chi connectivity index (χ4v) is 3.00. The fourth-order valence-electron chi connectivity index (χ4n) is 2.83. The van der Waals surface area contributed by atoms with E-state index in [-0.39, 0.29) is 0 Å². The van der Waals surface area contributed by atoms with E-state index in [0.717, 1.165) is 41.5 Å². The number of rotatable bonds is 3. The monoisotopic (exact) mass is 311 g/mol. The molecular formula is C19H18ClNO. The molecule has 1 heterocycles. The van der Waals surface area contributed by atoms with Crippen LogP contribution >= 0.6 is 11.6 Å². The van der Waals surface area contributed by atoms with Gasteiger partial charge < -0.3 is 5.11 Å². The fraction of sp³-hybridized carbons (Fsp3) is 0.211. The first kappa shape index (κ1) is 14.9. The molecule has 0 spiro atoms. The highest BCUT2D eigenvalue weighted by Gasteiger charge is 2.16. The van der Waals surface area contributed by atoms with Crippen molar-refractivity contribution in [3.63, 3.8) is 0 Å². The predicted octanol–water partition coefficient (Wildman–Crippen LogP) is 5.42. The molecule has 0 fully saturated rings. The molecule has 1 aliphatic carbocycles. The Morgan fingerprint density at radius 1 is 1.32 bits per heavy atom. The highest BCUT2D eigenvalue weighted by atomic mass is 35.5. The van der Waals surface area contributed by atoms with Gasteiger partial charge in [0.05, 0.1) is 5.02 Å². The lowest BCUT2D eigenvalue weighted by Gasteiger charge is -2.19. The third-order valence-corrected chi connectivity index (χ3v) is 4.08. The first-order valence-electron chi connectivity index (χ1n) is 7.53. The molecule has 3 rings (SSSR count). The number of halogens is 1. The lowest BCUT2D eigenvalue weighted by atomic mass is 9.86. The Bertz CT molecular complexity index is 762. The van der Waals surface area contributed by atoms with Crippen molar-refractivity contribution in [1.82, 2.24) is 4.98 Å². The summed E-state index contributed by atoms with van der Waals surface area (Å²) < 4.78 is 0. The second-order valence-corrected chi connectivity index (χ2v) is 5.85. The van der Waals surface area contributed by atoms with Crippen molar-refractivity contribution in [3.05, 3.63) is 76.1 Å². The summed E-state index contributed by atoms with van der Waals surface area (Å²) in [5.74, 6) is 0.333. The van der Waals surface area contributed by atoms with Crippen LogP contribution in [0.2, 0.25) is 5.02 Å². The molecule has 22 heavy (non-hydrogen) atoms. The molecule has 0 atom stereocenters. The highest BCUT2D eigenvalue weighted by Crippen LogP contribution is 2.33. The van der Waals surface area contributed by atoms with Gasteiger partial charge in [-0.05, 0) is 54.2 Å². The molecule has 0 saturated carbocycles. The van der Waals surface area contributed by atoms with Gasteiger partial charge in [0.15, 0.2) is 0 Å². The number of hydrogen-bond donors (Lipinski definition) is 1. The number of aliphatic hydroxyl groups is 1. The van der Waals surface area contributed by atoms with E-state index in [4.69, 9.17) is 11.6 Å². The quantitative estimate of drug-likeness (QED) is 0.767. The second kappa shape index (κ2) is 6.37. The van der Waals surface area contributed by atoms with Gasteiger partial charge in [0.1, 0.15) is 5.76 Å². The number of allylic oxidation sites excluding steroid dienone is 2. The lowest BCUT2D eigenvalue weighted by Crippen LogP contribution is -2.02. The summed E-state index contributed by atoms with van der Waals surface area (Å²) in [6, 6.07) is 8.08. The van der Waals surface area contributed by atoms with Crippen LogP contribution in [0.3, 0.4) is 0 Å². The maximum absolute atomic E-state index is 10.1. The maximum atomic E-state index is 10.1. The van der Waals surface area contributed by atoms with Crippen molar-refractivity contribution < 1.29 is 5.11 Å².